The van der Waals surface area contributed by atoms with E-state index in [0.29, 0.717) is 5.56 Å². The first-order valence-corrected chi connectivity index (χ1v) is 4.02. The fourth-order valence-corrected chi connectivity index (χ4v) is 1.07. The van der Waals surface area contributed by atoms with E-state index in [0.717, 1.165) is 0 Å². The fraction of sp³-hybridized carbons (Fsp3) is 0.111. The number of phenolic OH excluding ortho intramolecular Hbond substituents is 1. The smallest absolute Gasteiger partial charge is 0.258 e. The predicted octanol–water partition coefficient (Wildman–Crippen LogP) is 0.934. The Morgan fingerprint density at radius 1 is 1.36 bits per heavy atom. The third kappa shape index (κ3) is 1.57. The zero-order valence-corrected chi connectivity index (χ0v) is 7.21. The largest absolute Gasteiger partial charge is 0.508 e. The molecule has 0 fully saturated rings. The fourth-order valence-electron chi connectivity index (χ4n) is 1.07. The van der Waals surface area contributed by atoms with E-state index in [1.165, 1.54) is 6.07 Å². The molecular weight excluding hydrogens is 184 g/mol. The second-order valence-corrected chi connectivity index (χ2v) is 2.72. The molecule has 0 aliphatic carbocycles. The van der Waals surface area contributed by atoms with Crippen molar-refractivity contribution in [2.45, 2.75) is 6.61 Å². The lowest BCUT2D eigenvalue weighted by Gasteiger charge is -1.93. The third-order valence-electron chi connectivity index (χ3n) is 1.70. The maximum atomic E-state index is 9.20. The maximum Gasteiger partial charge on any atom is 0.258 e. The van der Waals surface area contributed by atoms with E-state index in [1.807, 2.05) is 0 Å². The minimum atomic E-state index is -0.262. The molecule has 0 aliphatic rings. The molecule has 0 aliphatic heterocycles. The van der Waals surface area contributed by atoms with Crippen molar-refractivity contribution >= 4 is 0 Å². The Bertz CT molecular complexity index is 439. The summed E-state index contributed by atoms with van der Waals surface area (Å²) in [4.78, 5) is 3.90. The van der Waals surface area contributed by atoms with Gasteiger partial charge in [-0.2, -0.15) is 4.98 Å². The highest BCUT2D eigenvalue weighted by atomic mass is 16.5. The predicted molar refractivity (Wildman–Crippen MR) is 47.3 cm³/mol. The number of phenols is 1. The van der Waals surface area contributed by atoms with Crippen molar-refractivity contribution in [2.75, 3.05) is 0 Å². The lowest BCUT2D eigenvalue weighted by Crippen LogP contribution is -1.84. The molecule has 0 saturated heterocycles. The van der Waals surface area contributed by atoms with Crippen LogP contribution in [0.5, 0.6) is 5.75 Å². The molecule has 0 bridgehead atoms. The van der Waals surface area contributed by atoms with E-state index in [9.17, 15) is 5.11 Å². The van der Waals surface area contributed by atoms with Crippen molar-refractivity contribution in [1.82, 2.24) is 10.1 Å². The first kappa shape index (κ1) is 8.71. The Labute approximate surface area is 79.6 Å². The lowest BCUT2D eigenvalue weighted by atomic mass is 10.2. The average Bonchev–Trinajstić information content (AvgIpc) is 2.66. The topological polar surface area (TPSA) is 79.4 Å². The van der Waals surface area contributed by atoms with E-state index in [-0.39, 0.29) is 24.1 Å². The van der Waals surface area contributed by atoms with Gasteiger partial charge in [-0.05, 0) is 18.2 Å². The molecule has 5 nitrogen and oxygen atoms in total. The summed E-state index contributed by atoms with van der Waals surface area (Å²) >= 11 is 0. The van der Waals surface area contributed by atoms with Gasteiger partial charge in [0, 0.05) is 5.56 Å². The number of benzene rings is 1. The highest BCUT2D eigenvalue weighted by Gasteiger charge is 2.07. The summed E-state index contributed by atoms with van der Waals surface area (Å²) in [6, 6.07) is 6.46. The van der Waals surface area contributed by atoms with Crippen LogP contribution in [0, 0.1) is 0 Å². The van der Waals surface area contributed by atoms with Crippen LogP contribution in [0.4, 0.5) is 0 Å². The van der Waals surface area contributed by atoms with Crippen LogP contribution in [-0.4, -0.2) is 20.4 Å². The van der Waals surface area contributed by atoms with Gasteiger partial charge in [0.2, 0.25) is 0 Å². The second kappa shape index (κ2) is 3.47. The van der Waals surface area contributed by atoms with Gasteiger partial charge in [0.05, 0.1) is 0 Å². The molecular formula is C9H8N2O3. The van der Waals surface area contributed by atoms with Crippen LogP contribution < -0.4 is 0 Å². The summed E-state index contributed by atoms with van der Waals surface area (Å²) < 4.78 is 4.86. The van der Waals surface area contributed by atoms with Gasteiger partial charge in [-0.1, -0.05) is 11.2 Å². The summed E-state index contributed by atoms with van der Waals surface area (Å²) in [6.07, 6.45) is 0. The number of hydrogen-bond donors (Lipinski definition) is 2. The van der Waals surface area contributed by atoms with Gasteiger partial charge in [-0.25, -0.2) is 0 Å². The monoisotopic (exact) mass is 192 g/mol. The van der Waals surface area contributed by atoms with Crippen molar-refractivity contribution in [3.63, 3.8) is 0 Å². The molecule has 1 aromatic carbocycles. The van der Waals surface area contributed by atoms with Crippen LogP contribution in [0.15, 0.2) is 28.8 Å². The number of aliphatic hydroxyl groups excluding tert-OH is 1. The summed E-state index contributed by atoms with van der Waals surface area (Å²) in [5.74, 6) is 0.638. The molecule has 72 valence electrons. The van der Waals surface area contributed by atoms with Crippen LogP contribution in [0.3, 0.4) is 0 Å². The summed E-state index contributed by atoms with van der Waals surface area (Å²) in [7, 11) is 0. The first-order valence-electron chi connectivity index (χ1n) is 4.02. The van der Waals surface area contributed by atoms with Crippen LogP contribution >= 0.6 is 0 Å². The Balaban J connectivity index is 2.39. The normalized spacial score (nSPS) is 10.4. The van der Waals surface area contributed by atoms with Crippen LogP contribution in [0.1, 0.15) is 5.82 Å². The molecule has 2 N–H and O–H groups in total. The SMILES string of the molecule is OCc1noc(-c2cccc(O)c2)n1. The molecule has 2 aromatic rings. The quantitative estimate of drug-likeness (QED) is 0.740. The Hall–Kier alpha value is -1.88. The van der Waals surface area contributed by atoms with Crippen LogP contribution in [-0.2, 0) is 6.61 Å². The molecule has 1 heterocycles. The van der Waals surface area contributed by atoms with Crippen LogP contribution in [0.2, 0.25) is 0 Å². The summed E-state index contributed by atoms with van der Waals surface area (Å²) in [6.45, 7) is -0.262. The summed E-state index contributed by atoms with van der Waals surface area (Å²) in [5.41, 5.74) is 0.622. The van der Waals surface area contributed by atoms with E-state index in [1.54, 1.807) is 18.2 Å². The number of hydrogen-bond acceptors (Lipinski definition) is 5. The van der Waals surface area contributed by atoms with Gasteiger partial charge >= 0.3 is 0 Å². The standard InChI is InChI=1S/C9H8N2O3/c12-5-8-10-9(14-11-8)6-2-1-3-7(13)4-6/h1-4,12-13H,5H2. The van der Waals surface area contributed by atoms with E-state index in [2.05, 4.69) is 10.1 Å². The lowest BCUT2D eigenvalue weighted by molar-refractivity contribution is 0.264. The van der Waals surface area contributed by atoms with Crippen molar-refractivity contribution in [3.05, 3.63) is 30.1 Å². The average molecular weight is 192 g/mol. The van der Waals surface area contributed by atoms with Gasteiger partial charge < -0.3 is 14.7 Å². The highest BCUT2D eigenvalue weighted by molar-refractivity contribution is 5.55. The van der Waals surface area contributed by atoms with Gasteiger partial charge in [0.25, 0.3) is 5.89 Å². The van der Waals surface area contributed by atoms with E-state index < -0.39 is 0 Å². The molecule has 14 heavy (non-hydrogen) atoms. The molecule has 0 amide bonds. The molecule has 0 atom stereocenters. The van der Waals surface area contributed by atoms with Gasteiger partial charge in [0.15, 0.2) is 5.82 Å². The van der Waals surface area contributed by atoms with Gasteiger partial charge in [-0.3, -0.25) is 0 Å². The van der Waals surface area contributed by atoms with E-state index >= 15 is 0 Å². The second-order valence-electron chi connectivity index (χ2n) is 2.72. The number of rotatable bonds is 2. The molecule has 0 unspecified atom stereocenters. The Morgan fingerprint density at radius 2 is 2.21 bits per heavy atom. The minimum Gasteiger partial charge on any atom is -0.508 e. The van der Waals surface area contributed by atoms with Crippen molar-refractivity contribution in [2.24, 2.45) is 0 Å². The molecule has 5 heteroatoms. The summed E-state index contributed by atoms with van der Waals surface area (Å²) in [5, 5.41) is 21.4. The van der Waals surface area contributed by atoms with Crippen molar-refractivity contribution in [3.8, 4) is 17.2 Å². The van der Waals surface area contributed by atoms with Crippen LogP contribution in [0.25, 0.3) is 11.5 Å². The zero-order valence-electron chi connectivity index (χ0n) is 7.21. The number of nitrogens with zero attached hydrogens (tertiary/aromatic N) is 2. The first-order chi connectivity index (χ1) is 6.79. The maximum absolute atomic E-state index is 9.20. The van der Waals surface area contributed by atoms with Gasteiger partial charge in [0.1, 0.15) is 12.4 Å². The molecule has 2 rings (SSSR count). The number of aliphatic hydroxyl groups is 1. The zero-order chi connectivity index (χ0) is 9.97. The molecule has 0 saturated carbocycles. The number of aromatic hydroxyl groups is 1. The van der Waals surface area contributed by atoms with Crippen molar-refractivity contribution < 1.29 is 14.7 Å². The third-order valence-corrected chi connectivity index (χ3v) is 1.70. The number of aromatic nitrogens is 2. The van der Waals surface area contributed by atoms with E-state index in [4.69, 9.17) is 9.63 Å². The highest BCUT2D eigenvalue weighted by Crippen LogP contribution is 2.21. The minimum absolute atomic E-state index is 0.131. The molecule has 0 spiro atoms. The Morgan fingerprint density at radius 3 is 2.86 bits per heavy atom. The van der Waals surface area contributed by atoms with Gasteiger partial charge in [-0.15, -0.1) is 0 Å². The Kier molecular flexibility index (Phi) is 2.16. The van der Waals surface area contributed by atoms with Crippen molar-refractivity contribution in [1.29, 1.82) is 0 Å². The molecule has 1 aromatic heterocycles. The molecule has 0 radical (unpaired) electrons.